The number of nitrogens with zero attached hydrogens (tertiary/aromatic N) is 1. The van der Waals surface area contributed by atoms with Gasteiger partial charge in [0, 0.05) is 5.69 Å². The summed E-state index contributed by atoms with van der Waals surface area (Å²) in [5.74, 6) is 2.15. The van der Waals surface area contributed by atoms with Gasteiger partial charge in [0.25, 0.3) is 0 Å². The lowest BCUT2D eigenvalue weighted by Crippen LogP contribution is -2.40. The third kappa shape index (κ3) is 2.33. The first-order chi connectivity index (χ1) is 7.76. The first-order valence-corrected chi connectivity index (χ1v) is 6.74. The van der Waals surface area contributed by atoms with Gasteiger partial charge in [0.2, 0.25) is 0 Å². The molecule has 16 heavy (non-hydrogen) atoms. The molecule has 0 aliphatic carbocycles. The second kappa shape index (κ2) is 4.80. The standard InChI is InChI=1S/C13H16N2S/c1-11-4-2-3-5-12(11)15-13(10-14)6-8-16-9-7-13/h2-5,15H,6-9H2,1H3. The van der Waals surface area contributed by atoms with E-state index in [1.807, 2.05) is 23.9 Å². The number of thioether (sulfide) groups is 1. The van der Waals surface area contributed by atoms with Crippen LogP contribution in [0.5, 0.6) is 0 Å². The molecule has 1 N–H and O–H groups in total. The number of para-hydroxylation sites is 1. The van der Waals surface area contributed by atoms with E-state index in [2.05, 4.69) is 30.4 Å². The van der Waals surface area contributed by atoms with Crippen LogP contribution >= 0.6 is 11.8 Å². The minimum Gasteiger partial charge on any atom is -0.367 e. The minimum absolute atomic E-state index is 0.350. The quantitative estimate of drug-likeness (QED) is 0.850. The Balaban J connectivity index is 2.19. The molecule has 0 atom stereocenters. The summed E-state index contributed by atoms with van der Waals surface area (Å²) in [5.41, 5.74) is 1.95. The van der Waals surface area contributed by atoms with E-state index in [-0.39, 0.29) is 5.54 Å². The van der Waals surface area contributed by atoms with E-state index in [0.717, 1.165) is 30.0 Å². The molecule has 84 valence electrons. The maximum atomic E-state index is 9.37. The van der Waals surface area contributed by atoms with Gasteiger partial charge >= 0.3 is 0 Å². The van der Waals surface area contributed by atoms with Gasteiger partial charge in [-0.1, -0.05) is 18.2 Å². The third-order valence-electron chi connectivity index (χ3n) is 3.08. The molecule has 0 radical (unpaired) electrons. The lowest BCUT2D eigenvalue weighted by Gasteiger charge is -2.32. The Bertz CT molecular complexity index is 403. The summed E-state index contributed by atoms with van der Waals surface area (Å²) in [6.07, 6.45) is 1.87. The van der Waals surface area contributed by atoms with E-state index in [1.54, 1.807) is 0 Å². The van der Waals surface area contributed by atoms with Gasteiger partial charge < -0.3 is 5.32 Å². The average molecular weight is 232 g/mol. The van der Waals surface area contributed by atoms with E-state index in [9.17, 15) is 5.26 Å². The predicted octanol–water partition coefficient (Wildman–Crippen LogP) is 3.20. The number of rotatable bonds is 2. The van der Waals surface area contributed by atoms with Gasteiger partial charge in [-0.15, -0.1) is 0 Å². The summed E-state index contributed by atoms with van der Waals surface area (Å²) >= 11 is 1.94. The Morgan fingerprint density at radius 1 is 1.31 bits per heavy atom. The summed E-state index contributed by atoms with van der Waals surface area (Å²) in [6.45, 7) is 2.07. The van der Waals surface area contributed by atoms with E-state index in [0.29, 0.717) is 0 Å². The molecule has 0 amide bonds. The number of anilines is 1. The molecule has 3 heteroatoms. The van der Waals surface area contributed by atoms with Crippen LogP contribution in [0, 0.1) is 18.3 Å². The van der Waals surface area contributed by atoms with Gasteiger partial charge in [0.15, 0.2) is 0 Å². The largest absolute Gasteiger partial charge is 0.367 e. The molecule has 1 aliphatic rings. The number of hydrogen-bond acceptors (Lipinski definition) is 3. The maximum Gasteiger partial charge on any atom is 0.126 e. The van der Waals surface area contributed by atoms with Crippen molar-refractivity contribution in [3.8, 4) is 6.07 Å². The number of aryl methyl sites for hydroxylation is 1. The van der Waals surface area contributed by atoms with Crippen LogP contribution < -0.4 is 5.32 Å². The molecule has 0 aromatic heterocycles. The molecule has 1 aromatic rings. The molecular weight excluding hydrogens is 216 g/mol. The molecule has 1 saturated heterocycles. The van der Waals surface area contributed by atoms with E-state index in [4.69, 9.17) is 0 Å². The highest BCUT2D eigenvalue weighted by Crippen LogP contribution is 2.31. The van der Waals surface area contributed by atoms with E-state index in [1.165, 1.54) is 5.56 Å². The molecule has 0 bridgehead atoms. The smallest absolute Gasteiger partial charge is 0.126 e. The second-order valence-corrected chi connectivity index (χ2v) is 5.47. The Labute approximate surface area is 101 Å². The van der Waals surface area contributed by atoms with Crippen LogP contribution in [0.15, 0.2) is 24.3 Å². The molecule has 1 fully saturated rings. The van der Waals surface area contributed by atoms with Gasteiger partial charge in [-0.3, -0.25) is 0 Å². The average Bonchev–Trinajstić information content (AvgIpc) is 2.33. The minimum atomic E-state index is -0.350. The molecule has 1 aliphatic heterocycles. The van der Waals surface area contributed by atoms with Crippen LogP contribution in [0.2, 0.25) is 0 Å². The number of benzene rings is 1. The Morgan fingerprint density at radius 2 is 2.00 bits per heavy atom. The van der Waals surface area contributed by atoms with Gasteiger partial charge in [0.1, 0.15) is 5.54 Å². The van der Waals surface area contributed by atoms with Crippen molar-refractivity contribution < 1.29 is 0 Å². The highest BCUT2D eigenvalue weighted by atomic mass is 32.2. The van der Waals surface area contributed by atoms with E-state index >= 15 is 0 Å². The zero-order valence-electron chi connectivity index (χ0n) is 9.49. The number of hydrogen-bond donors (Lipinski definition) is 1. The molecule has 0 spiro atoms. The number of nitriles is 1. The fourth-order valence-corrected chi connectivity index (χ4v) is 3.15. The zero-order chi connectivity index (χ0) is 11.4. The SMILES string of the molecule is Cc1ccccc1NC1(C#N)CCSCC1. The van der Waals surface area contributed by atoms with Crippen molar-refractivity contribution in [2.24, 2.45) is 0 Å². The summed E-state index contributed by atoms with van der Waals surface area (Å²) in [7, 11) is 0. The predicted molar refractivity (Wildman–Crippen MR) is 69.7 cm³/mol. The van der Waals surface area contributed by atoms with Crippen LogP contribution in [-0.2, 0) is 0 Å². The second-order valence-electron chi connectivity index (χ2n) is 4.25. The molecule has 0 unspecified atom stereocenters. The summed E-state index contributed by atoms with van der Waals surface area (Å²) < 4.78 is 0. The van der Waals surface area contributed by atoms with Crippen molar-refractivity contribution in [1.29, 1.82) is 5.26 Å². The third-order valence-corrected chi connectivity index (χ3v) is 4.06. The molecule has 2 nitrogen and oxygen atoms in total. The number of nitrogens with one attached hydrogen (secondary N) is 1. The fraction of sp³-hybridized carbons (Fsp3) is 0.462. The van der Waals surface area contributed by atoms with Crippen LogP contribution in [0.25, 0.3) is 0 Å². The summed E-state index contributed by atoms with van der Waals surface area (Å²) in [4.78, 5) is 0. The normalized spacial score (nSPS) is 18.8. The van der Waals surface area contributed by atoms with Crippen LogP contribution in [0.3, 0.4) is 0 Å². The lowest BCUT2D eigenvalue weighted by molar-refractivity contribution is 0.545. The molecule has 2 rings (SSSR count). The highest BCUT2D eigenvalue weighted by molar-refractivity contribution is 7.99. The van der Waals surface area contributed by atoms with Crippen molar-refractivity contribution in [2.75, 3.05) is 16.8 Å². The highest BCUT2D eigenvalue weighted by Gasteiger charge is 2.32. The van der Waals surface area contributed by atoms with Gasteiger partial charge in [-0.2, -0.15) is 17.0 Å². The zero-order valence-corrected chi connectivity index (χ0v) is 10.3. The Kier molecular flexibility index (Phi) is 3.40. The Morgan fingerprint density at radius 3 is 2.62 bits per heavy atom. The van der Waals surface area contributed by atoms with Crippen LogP contribution in [0.1, 0.15) is 18.4 Å². The maximum absolute atomic E-state index is 9.37. The van der Waals surface area contributed by atoms with Crippen molar-refractivity contribution in [2.45, 2.75) is 25.3 Å². The van der Waals surface area contributed by atoms with Crippen molar-refractivity contribution in [3.63, 3.8) is 0 Å². The monoisotopic (exact) mass is 232 g/mol. The first-order valence-electron chi connectivity index (χ1n) is 5.59. The topological polar surface area (TPSA) is 35.8 Å². The van der Waals surface area contributed by atoms with Crippen molar-refractivity contribution in [1.82, 2.24) is 0 Å². The van der Waals surface area contributed by atoms with Gasteiger partial charge in [-0.25, -0.2) is 0 Å². The van der Waals surface area contributed by atoms with Crippen molar-refractivity contribution >= 4 is 17.4 Å². The van der Waals surface area contributed by atoms with Crippen LogP contribution in [0.4, 0.5) is 5.69 Å². The molecule has 1 heterocycles. The van der Waals surface area contributed by atoms with Gasteiger partial charge in [0.05, 0.1) is 6.07 Å². The first kappa shape index (κ1) is 11.3. The Hall–Kier alpha value is -1.14. The lowest BCUT2D eigenvalue weighted by atomic mass is 9.93. The fourth-order valence-electron chi connectivity index (χ4n) is 1.96. The van der Waals surface area contributed by atoms with E-state index < -0.39 is 0 Å². The molecular formula is C13H16N2S. The summed E-state index contributed by atoms with van der Waals surface area (Å²) in [5, 5.41) is 12.8. The van der Waals surface area contributed by atoms with Crippen molar-refractivity contribution in [3.05, 3.63) is 29.8 Å². The molecule has 0 saturated carbocycles. The summed E-state index contributed by atoms with van der Waals surface area (Å²) in [6, 6.07) is 10.6. The van der Waals surface area contributed by atoms with Crippen LogP contribution in [-0.4, -0.2) is 17.0 Å². The van der Waals surface area contributed by atoms with Gasteiger partial charge in [-0.05, 0) is 42.9 Å². The molecule has 1 aromatic carbocycles.